The number of aromatic nitrogens is 2. The molecule has 0 aliphatic rings. The van der Waals surface area contributed by atoms with Gasteiger partial charge in [0.05, 0.1) is 12.4 Å². The minimum atomic E-state index is -1.01. The van der Waals surface area contributed by atoms with Crippen LogP contribution in [0.25, 0.3) is 0 Å². The number of carboxylic acids is 1. The van der Waals surface area contributed by atoms with Gasteiger partial charge in [-0.25, -0.2) is 4.79 Å². The average Bonchev–Trinajstić information content (AvgIpc) is 2.78. The second kappa shape index (κ2) is 4.91. The van der Waals surface area contributed by atoms with Crippen molar-refractivity contribution in [2.45, 2.75) is 19.9 Å². The molecular weight excluding hydrogens is 232 g/mol. The number of para-hydroxylation sites is 1. The molecule has 5 heteroatoms. The third kappa shape index (κ3) is 2.51. The number of benzene rings is 1. The van der Waals surface area contributed by atoms with Gasteiger partial charge in [0.15, 0.2) is 5.75 Å². The zero-order valence-corrected chi connectivity index (χ0v) is 10.2. The molecule has 2 aromatic rings. The summed E-state index contributed by atoms with van der Waals surface area (Å²) in [6.45, 7) is 4.00. The van der Waals surface area contributed by atoms with E-state index in [2.05, 4.69) is 5.10 Å². The van der Waals surface area contributed by atoms with Crippen molar-refractivity contribution in [2.75, 3.05) is 0 Å². The predicted octanol–water partition coefficient (Wildman–Crippen LogP) is 2.95. The Balaban J connectivity index is 2.25. The van der Waals surface area contributed by atoms with Crippen LogP contribution in [0.4, 0.5) is 0 Å². The molecule has 5 nitrogen and oxygen atoms in total. The summed E-state index contributed by atoms with van der Waals surface area (Å²) in [4.78, 5) is 11.0. The van der Waals surface area contributed by atoms with Crippen molar-refractivity contribution in [2.24, 2.45) is 0 Å². The fourth-order valence-corrected chi connectivity index (χ4v) is 1.52. The minimum Gasteiger partial charge on any atom is -0.478 e. The van der Waals surface area contributed by atoms with Crippen molar-refractivity contribution in [3.05, 3.63) is 42.2 Å². The molecule has 0 saturated heterocycles. The van der Waals surface area contributed by atoms with Crippen LogP contribution in [-0.4, -0.2) is 20.9 Å². The van der Waals surface area contributed by atoms with Crippen molar-refractivity contribution >= 4 is 5.97 Å². The molecular formula is C13H14N2O3. The van der Waals surface area contributed by atoms with Crippen LogP contribution in [0.1, 0.15) is 30.2 Å². The Morgan fingerprint density at radius 2 is 2.11 bits per heavy atom. The van der Waals surface area contributed by atoms with Crippen LogP contribution in [0.15, 0.2) is 36.7 Å². The lowest BCUT2D eigenvalue weighted by atomic mass is 10.2. The lowest BCUT2D eigenvalue weighted by molar-refractivity contribution is 0.0694. The number of nitrogens with zero attached hydrogens (tertiary/aromatic N) is 2. The van der Waals surface area contributed by atoms with Gasteiger partial charge in [-0.1, -0.05) is 12.1 Å². The molecule has 0 amide bonds. The minimum absolute atomic E-state index is 0.134. The second-order valence-electron chi connectivity index (χ2n) is 4.15. The average molecular weight is 246 g/mol. The first kappa shape index (κ1) is 12.2. The van der Waals surface area contributed by atoms with Crippen molar-refractivity contribution < 1.29 is 14.6 Å². The van der Waals surface area contributed by atoms with E-state index in [-0.39, 0.29) is 11.6 Å². The zero-order valence-electron chi connectivity index (χ0n) is 10.2. The van der Waals surface area contributed by atoms with Crippen molar-refractivity contribution in [1.29, 1.82) is 0 Å². The Kier molecular flexibility index (Phi) is 3.32. The molecule has 18 heavy (non-hydrogen) atoms. The largest absolute Gasteiger partial charge is 0.478 e. The quantitative estimate of drug-likeness (QED) is 0.900. The Labute approximate surface area is 105 Å². The molecule has 0 saturated carbocycles. The third-order valence-electron chi connectivity index (χ3n) is 2.45. The van der Waals surface area contributed by atoms with Gasteiger partial charge in [0.2, 0.25) is 0 Å². The molecule has 0 aliphatic carbocycles. The second-order valence-corrected chi connectivity index (χ2v) is 4.15. The van der Waals surface area contributed by atoms with Crippen LogP contribution in [-0.2, 0) is 0 Å². The van der Waals surface area contributed by atoms with Crippen LogP contribution in [0.3, 0.4) is 0 Å². The van der Waals surface area contributed by atoms with Crippen LogP contribution in [0.2, 0.25) is 0 Å². The van der Waals surface area contributed by atoms with E-state index < -0.39 is 5.97 Å². The number of carboxylic acid groups (broad SMARTS) is 1. The highest BCUT2D eigenvalue weighted by molar-refractivity contribution is 5.90. The van der Waals surface area contributed by atoms with Crippen molar-refractivity contribution in [3.63, 3.8) is 0 Å². The fourth-order valence-electron chi connectivity index (χ4n) is 1.52. The molecule has 0 aliphatic heterocycles. The first-order chi connectivity index (χ1) is 8.58. The summed E-state index contributed by atoms with van der Waals surface area (Å²) in [7, 11) is 0. The maximum Gasteiger partial charge on any atom is 0.339 e. The molecule has 94 valence electrons. The molecule has 1 aromatic heterocycles. The summed E-state index contributed by atoms with van der Waals surface area (Å²) in [6.07, 6.45) is 3.31. The number of carbonyl (C=O) groups is 1. The summed E-state index contributed by atoms with van der Waals surface area (Å²) < 4.78 is 7.29. The van der Waals surface area contributed by atoms with E-state index in [9.17, 15) is 4.79 Å². The Bertz CT molecular complexity index is 561. The van der Waals surface area contributed by atoms with Crippen LogP contribution >= 0.6 is 0 Å². The standard InChI is InChI=1S/C13H14N2O3/c1-9(2)15-8-10(7-14-15)18-12-6-4-3-5-11(12)13(16)17/h3-9H,1-2H3,(H,16,17). The number of hydrogen-bond acceptors (Lipinski definition) is 3. The Hall–Kier alpha value is -2.30. The first-order valence-corrected chi connectivity index (χ1v) is 5.62. The van der Waals surface area contributed by atoms with E-state index in [1.807, 2.05) is 13.8 Å². The Morgan fingerprint density at radius 3 is 2.72 bits per heavy atom. The molecule has 0 bridgehead atoms. The monoisotopic (exact) mass is 246 g/mol. The summed E-state index contributed by atoms with van der Waals surface area (Å²) in [6, 6.07) is 6.75. The molecule has 0 radical (unpaired) electrons. The summed E-state index contributed by atoms with van der Waals surface area (Å²) in [5.41, 5.74) is 0.134. The van der Waals surface area contributed by atoms with E-state index in [0.29, 0.717) is 11.5 Å². The van der Waals surface area contributed by atoms with Gasteiger partial charge in [0.1, 0.15) is 11.3 Å². The van der Waals surface area contributed by atoms with Gasteiger partial charge in [-0.05, 0) is 26.0 Å². The first-order valence-electron chi connectivity index (χ1n) is 5.62. The van der Waals surface area contributed by atoms with Gasteiger partial charge in [-0.2, -0.15) is 5.10 Å². The predicted molar refractivity (Wildman–Crippen MR) is 66.1 cm³/mol. The highest BCUT2D eigenvalue weighted by atomic mass is 16.5. The van der Waals surface area contributed by atoms with Crippen LogP contribution < -0.4 is 4.74 Å². The summed E-state index contributed by atoms with van der Waals surface area (Å²) in [5, 5.41) is 13.2. The Morgan fingerprint density at radius 1 is 1.39 bits per heavy atom. The summed E-state index contributed by atoms with van der Waals surface area (Å²) >= 11 is 0. The van der Waals surface area contributed by atoms with Crippen LogP contribution in [0.5, 0.6) is 11.5 Å². The zero-order chi connectivity index (χ0) is 13.1. The van der Waals surface area contributed by atoms with Crippen molar-refractivity contribution in [3.8, 4) is 11.5 Å². The van der Waals surface area contributed by atoms with Gasteiger partial charge < -0.3 is 9.84 Å². The van der Waals surface area contributed by atoms with Gasteiger partial charge >= 0.3 is 5.97 Å². The lowest BCUT2D eigenvalue weighted by Gasteiger charge is -2.06. The molecule has 1 aromatic carbocycles. The van der Waals surface area contributed by atoms with Crippen LogP contribution in [0, 0.1) is 0 Å². The van der Waals surface area contributed by atoms with E-state index in [1.54, 1.807) is 35.3 Å². The van der Waals surface area contributed by atoms with E-state index in [4.69, 9.17) is 9.84 Å². The third-order valence-corrected chi connectivity index (χ3v) is 2.45. The highest BCUT2D eigenvalue weighted by Gasteiger charge is 2.12. The number of rotatable bonds is 4. The van der Waals surface area contributed by atoms with E-state index >= 15 is 0 Å². The lowest BCUT2D eigenvalue weighted by Crippen LogP contribution is -2.00. The molecule has 0 spiro atoms. The van der Waals surface area contributed by atoms with Gasteiger partial charge in [0.25, 0.3) is 0 Å². The SMILES string of the molecule is CC(C)n1cc(Oc2ccccc2C(=O)O)cn1. The van der Waals surface area contributed by atoms with Gasteiger partial charge in [0, 0.05) is 6.04 Å². The molecule has 2 rings (SSSR count). The van der Waals surface area contributed by atoms with E-state index in [0.717, 1.165) is 0 Å². The molecule has 0 unspecified atom stereocenters. The normalized spacial score (nSPS) is 10.6. The molecule has 0 atom stereocenters. The number of aromatic carboxylic acids is 1. The molecule has 1 N–H and O–H groups in total. The number of ether oxygens (including phenoxy) is 1. The van der Waals surface area contributed by atoms with E-state index in [1.165, 1.54) is 6.07 Å². The molecule has 0 fully saturated rings. The molecule has 1 heterocycles. The fraction of sp³-hybridized carbons (Fsp3) is 0.231. The van der Waals surface area contributed by atoms with Gasteiger partial charge in [-0.3, -0.25) is 4.68 Å². The maximum atomic E-state index is 11.0. The summed E-state index contributed by atoms with van der Waals surface area (Å²) in [5.74, 6) is -0.174. The number of hydrogen-bond donors (Lipinski definition) is 1. The van der Waals surface area contributed by atoms with Gasteiger partial charge in [-0.15, -0.1) is 0 Å². The van der Waals surface area contributed by atoms with Crippen molar-refractivity contribution in [1.82, 2.24) is 9.78 Å². The smallest absolute Gasteiger partial charge is 0.339 e. The maximum absolute atomic E-state index is 11.0. The topological polar surface area (TPSA) is 64.3 Å². The highest BCUT2D eigenvalue weighted by Crippen LogP contribution is 2.25.